The highest BCUT2D eigenvalue weighted by molar-refractivity contribution is 7.92. The van der Waals surface area contributed by atoms with Crippen molar-refractivity contribution in [3.8, 4) is 17.1 Å². The summed E-state index contributed by atoms with van der Waals surface area (Å²) in [5, 5.41) is 11.2. The zero-order chi connectivity index (χ0) is 29.0. The number of rotatable bonds is 8. The Morgan fingerprint density at radius 1 is 0.976 bits per heavy atom. The Morgan fingerprint density at radius 2 is 1.71 bits per heavy atom. The lowest BCUT2D eigenvalue weighted by molar-refractivity contribution is 0.0900. The molecule has 1 aromatic heterocycles. The molecule has 10 heteroatoms. The van der Waals surface area contributed by atoms with Crippen LogP contribution in [0.1, 0.15) is 39.9 Å². The summed E-state index contributed by atoms with van der Waals surface area (Å²) < 4.78 is 29.0. The molecule has 0 saturated carbocycles. The molecule has 4 N–H and O–H groups in total. The van der Waals surface area contributed by atoms with Gasteiger partial charge in [0.1, 0.15) is 0 Å². The van der Waals surface area contributed by atoms with Crippen LogP contribution in [0.25, 0.3) is 11.3 Å². The van der Waals surface area contributed by atoms with Crippen molar-refractivity contribution < 1.29 is 18.3 Å². The van der Waals surface area contributed by atoms with E-state index >= 15 is 0 Å². The number of benzene rings is 3. The quantitative estimate of drug-likeness (QED) is 0.302. The number of hydrogen-bond donors (Lipinski definition) is 2. The van der Waals surface area contributed by atoms with Crippen LogP contribution >= 0.6 is 0 Å². The number of sulfonamides is 1. The fourth-order valence-corrected chi connectivity index (χ4v) is 6.24. The van der Waals surface area contributed by atoms with Crippen molar-refractivity contribution in [2.45, 2.75) is 44.2 Å². The molecule has 1 saturated heterocycles. The third-order valence-electron chi connectivity index (χ3n) is 7.19. The molecule has 0 spiro atoms. The molecule has 1 fully saturated rings. The largest absolute Gasteiger partial charge is 0.579 e. The highest BCUT2D eigenvalue weighted by Gasteiger charge is 2.24. The van der Waals surface area contributed by atoms with E-state index in [1.165, 1.54) is 29.8 Å². The molecule has 2 heterocycles. The van der Waals surface area contributed by atoms with Crippen LogP contribution in [0.4, 0.5) is 5.95 Å². The summed E-state index contributed by atoms with van der Waals surface area (Å²) in [7, 11) is -4.13. The van der Waals surface area contributed by atoms with E-state index in [2.05, 4.69) is 37.0 Å². The maximum atomic E-state index is 13.3. The van der Waals surface area contributed by atoms with Gasteiger partial charge in [0.05, 0.1) is 16.7 Å². The number of aryl methyl sites for hydroxylation is 2. The van der Waals surface area contributed by atoms with Crippen LogP contribution in [-0.2, 0) is 16.6 Å². The molecule has 3 aromatic carbocycles. The summed E-state index contributed by atoms with van der Waals surface area (Å²) >= 11 is 0. The van der Waals surface area contributed by atoms with Crippen LogP contribution in [0.5, 0.6) is 5.88 Å². The first-order valence-electron chi connectivity index (χ1n) is 13.6. The topological polar surface area (TPSA) is 127 Å². The molecule has 9 nitrogen and oxygen atoms in total. The van der Waals surface area contributed by atoms with E-state index in [-0.39, 0.29) is 34.2 Å². The maximum absolute atomic E-state index is 13.3. The number of anilines is 1. The monoisotopic (exact) mass is 572 g/mol. The number of piperidine rings is 1. The van der Waals surface area contributed by atoms with Gasteiger partial charge in [0.25, 0.3) is 15.9 Å². The second-order valence-electron chi connectivity index (χ2n) is 10.4. The molecular weight excluding hydrogens is 538 g/mol. The van der Waals surface area contributed by atoms with Crippen molar-refractivity contribution in [2.24, 2.45) is 0 Å². The van der Waals surface area contributed by atoms with Gasteiger partial charge < -0.3 is 10.4 Å². The highest BCUT2D eigenvalue weighted by Crippen LogP contribution is 2.29. The predicted molar refractivity (Wildman–Crippen MR) is 159 cm³/mol. The van der Waals surface area contributed by atoms with Crippen molar-refractivity contribution >= 4 is 21.9 Å². The fraction of sp³-hybridized carbons (Fsp3) is 0.258. The lowest BCUT2D eigenvalue weighted by Gasteiger charge is -2.33. The van der Waals surface area contributed by atoms with Gasteiger partial charge in [-0.3, -0.25) is 9.69 Å². The first-order chi connectivity index (χ1) is 19.7. The van der Waals surface area contributed by atoms with E-state index in [0.29, 0.717) is 5.69 Å². The minimum atomic E-state index is -4.13. The van der Waals surface area contributed by atoms with E-state index in [0.717, 1.165) is 49.2 Å². The van der Waals surface area contributed by atoms with E-state index in [9.17, 15) is 13.2 Å². The number of nitrogens with one attached hydrogen (secondary N) is 2. The number of likely N-dealkylation sites (tertiary alicyclic amines) is 1. The van der Waals surface area contributed by atoms with Crippen LogP contribution in [-0.4, -0.2) is 53.4 Å². The molecule has 0 bridgehead atoms. The van der Waals surface area contributed by atoms with Crippen LogP contribution in [0.3, 0.4) is 0 Å². The normalized spacial score (nSPS) is 15.8. The number of nitrogens with zero attached hydrogens (tertiary/aromatic N) is 3. The van der Waals surface area contributed by atoms with Gasteiger partial charge in [-0.1, -0.05) is 54.6 Å². The summed E-state index contributed by atoms with van der Waals surface area (Å²) in [4.78, 5) is 23.7. The van der Waals surface area contributed by atoms with E-state index in [4.69, 9.17) is 5.11 Å². The van der Waals surface area contributed by atoms with Crippen LogP contribution in [0.2, 0.25) is 0 Å². The molecule has 0 unspecified atom stereocenters. The Morgan fingerprint density at radius 3 is 2.46 bits per heavy atom. The van der Waals surface area contributed by atoms with Crippen molar-refractivity contribution in [3.05, 3.63) is 101 Å². The van der Waals surface area contributed by atoms with Crippen molar-refractivity contribution in [3.63, 3.8) is 0 Å². The molecule has 0 radical (unpaired) electrons. The average molecular weight is 573 g/mol. The number of carbonyl (C=O) groups excluding carboxylic acids is 1. The van der Waals surface area contributed by atoms with Crippen molar-refractivity contribution in [2.75, 3.05) is 17.8 Å². The SMILES string of the molecule is Cc1cccc(C)c1-c1cc([OH2+])nc(NS(=O)(=O)c2cccc(C(=O)N[C@H]3CCCN(Cc4ccccc4)C3)c2)n1. The van der Waals surface area contributed by atoms with Crippen molar-refractivity contribution in [1.82, 2.24) is 20.2 Å². The number of carbonyl (C=O) groups is 1. The summed E-state index contributed by atoms with van der Waals surface area (Å²) in [6, 6.07) is 23.4. The number of aromatic nitrogens is 2. The highest BCUT2D eigenvalue weighted by atomic mass is 32.2. The molecule has 212 valence electrons. The molecular formula is C31H34N5O4S+. The minimum absolute atomic E-state index is 0.0325. The molecule has 1 aliphatic heterocycles. The van der Waals surface area contributed by atoms with Crippen LogP contribution < -0.4 is 10.0 Å². The zero-order valence-corrected chi connectivity index (χ0v) is 23.9. The van der Waals surface area contributed by atoms with Gasteiger partial charge in [-0.15, -0.1) is 4.98 Å². The van der Waals surface area contributed by atoms with E-state index in [1.807, 2.05) is 50.2 Å². The summed E-state index contributed by atoms with van der Waals surface area (Å²) in [6.07, 6.45) is 1.83. The lowest BCUT2D eigenvalue weighted by atomic mass is 10.00. The van der Waals surface area contributed by atoms with Gasteiger partial charge in [0.15, 0.2) is 0 Å². The Balaban J connectivity index is 1.29. The fourth-order valence-electron chi connectivity index (χ4n) is 5.25. The van der Waals surface area contributed by atoms with E-state index in [1.54, 1.807) is 6.07 Å². The molecule has 1 atom stereocenters. The Hall–Kier alpha value is -4.28. The molecule has 4 aromatic rings. The van der Waals surface area contributed by atoms with Gasteiger partial charge in [-0.05, 0) is 68.1 Å². The van der Waals surface area contributed by atoms with Gasteiger partial charge in [0, 0.05) is 30.3 Å². The Labute approximate surface area is 240 Å². The Kier molecular flexibility index (Phi) is 8.32. The first-order valence-corrected chi connectivity index (χ1v) is 15.0. The summed E-state index contributed by atoms with van der Waals surface area (Å²) in [5.74, 6) is -0.640. The van der Waals surface area contributed by atoms with E-state index < -0.39 is 10.0 Å². The first kappa shape index (κ1) is 28.3. The molecule has 1 aliphatic rings. The zero-order valence-electron chi connectivity index (χ0n) is 23.1. The average Bonchev–Trinajstić information content (AvgIpc) is 2.93. The molecule has 41 heavy (non-hydrogen) atoms. The second kappa shape index (κ2) is 12.1. The standard InChI is InChI=1S/C31H33N5O4S/c1-21-9-6-10-22(2)29(21)27-18-28(37)34-31(33-27)35-41(39,40)26-15-7-13-24(17-26)30(38)32-25-14-8-16-36(20-25)19-23-11-4-3-5-12-23/h3-7,9-13,15,17-18,25H,8,14,16,19-20H2,1-2H3,(H,32,38)(H2,33,34,35,37)/p+1/t25-/m0/s1. The van der Waals surface area contributed by atoms with Gasteiger partial charge >= 0.3 is 5.88 Å². The molecule has 0 aliphatic carbocycles. The number of hydrogen-bond acceptors (Lipinski definition) is 6. The van der Waals surface area contributed by atoms with Crippen LogP contribution in [0, 0.1) is 13.8 Å². The lowest BCUT2D eigenvalue weighted by Crippen LogP contribution is -2.47. The van der Waals surface area contributed by atoms with Gasteiger partial charge in [-0.25, -0.2) is 18.1 Å². The minimum Gasteiger partial charge on any atom is -0.579 e. The predicted octanol–water partition coefficient (Wildman–Crippen LogP) is 4.39. The van der Waals surface area contributed by atoms with Gasteiger partial charge in [-0.2, -0.15) is 0 Å². The van der Waals surface area contributed by atoms with Crippen LogP contribution in [0.15, 0.2) is 83.8 Å². The summed E-state index contributed by atoms with van der Waals surface area (Å²) in [6.45, 7) is 6.38. The number of amides is 1. The third-order valence-corrected chi connectivity index (χ3v) is 8.51. The smallest absolute Gasteiger partial charge is 0.362 e. The summed E-state index contributed by atoms with van der Waals surface area (Å²) in [5.41, 5.74) is 4.67. The third kappa shape index (κ3) is 6.90. The van der Waals surface area contributed by atoms with Crippen molar-refractivity contribution in [1.29, 1.82) is 0 Å². The van der Waals surface area contributed by atoms with Gasteiger partial charge in [0.2, 0.25) is 5.95 Å². The maximum Gasteiger partial charge on any atom is 0.362 e. The molecule has 1 amide bonds. The Bertz CT molecular complexity index is 1640. The second-order valence-corrected chi connectivity index (χ2v) is 12.1. The molecule has 5 rings (SSSR count).